The van der Waals surface area contributed by atoms with Crippen LogP contribution in [0.25, 0.3) is 0 Å². The zero-order valence-corrected chi connectivity index (χ0v) is 18.0. The molecule has 1 atom stereocenters. The first kappa shape index (κ1) is 22.2. The lowest BCUT2D eigenvalue weighted by molar-refractivity contribution is -0.133. The molecule has 9 heteroatoms. The fourth-order valence-electron chi connectivity index (χ4n) is 3.26. The molecule has 0 aromatic heterocycles. The Morgan fingerprint density at radius 3 is 2.32 bits per heavy atom. The lowest BCUT2D eigenvalue weighted by Crippen LogP contribution is -2.42. The van der Waals surface area contributed by atoms with Crippen molar-refractivity contribution in [3.63, 3.8) is 0 Å². The standard InChI is InChI=1S/C22H22N2O6S/c1-13-18(20(25)26)19(15-5-4-6-17(11-15)30-3)24(22(27)28)21(23-13)31-12-14-7-9-16(29-2)10-8-14/h4-11,19H,12H2,1-3H3,(H,25,26)(H,27,28). The van der Waals surface area contributed by atoms with Crippen molar-refractivity contribution in [2.75, 3.05) is 14.2 Å². The summed E-state index contributed by atoms with van der Waals surface area (Å²) in [7, 11) is 3.07. The number of carboxylic acid groups (broad SMARTS) is 2. The van der Waals surface area contributed by atoms with E-state index in [4.69, 9.17) is 9.47 Å². The van der Waals surface area contributed by atoms with Crippen molar-refractivity contribution in [2.24, 2.45) is 4.99 Å². The van der Waals surface area contributed by atoms with Gasteiger partial charge in [-0.1, -0.05) is 36.0 Å². The number of rotatable bonds is 6. The molecule has 0 aliphatic carbocycles. The molecule has 162 valence electrons. The second-order valence-electron chi connectivity index (χ2n) is 6.67. The van der Waals surface area contributed by atoms with Gasteiger partial charge in [0.25, 0.3) is 0 Å². The van der Waals surface area contributed by atoms with E-state index in [0.29, 0.717) is 17.1 Å². The molecule has 31 heavy (non-hydrogen) atoms. The number of carbonyl (C=O) groups is 2. The molecule has 3 rings (SSSR count). The maximum atomic E-state index is 12.2. The van der Waals surface area contributed by atoms with E-state index < -0.39 is 18.1 Å². The van der Waals surface area contributed by atoms with Crippen LogP contribution in [0, 0.1) is 0 Å². The normalized spacial score (nSPS) is 16.0. The van der Waals surface area contributed by atoms with E-state index in [2.05, 4.69) is 4.99 Å². The smallest absolute Gasteiger partial charge is 0.414 e. The first-order chi connectivity index (χ1) is 14.8. The van der Waals surface area contributed by atoms with E-state index in [1.807, 2.05) is 24.3 Å². The zero-order chi connectivity index (χ0) is 22.5. The number of carboxylic acids is 1. The minimum absolute atomic E-state index is 0.0931. The molecule has 2 aromatic rings. The molecule has 1 heterocycles. The van der Waals surface area contributed by atoms with Gasteiger partial charge in [0.1, 0.15) is 17.5 Å². The van der Waals surface area contributed by atoms with Crippen molar-refractivity contribution < 1.29 is 29.3 Å². The monoisotopic (exact) mass is 442 g/mol. The van der Waals surface area contributed by atoms with Gasteiger partial charge in [-0.2, -0.15) is 0 Å². The molecule has 1 unspecified atom stereocenters. The average molecular weight is 442 g/mol. The van der Waals surface area contributed by atoms with Gasteiger partial charge in [-0.3, -0.25) is 0 Å². The average Bonchev–Trinajstić information content (AvgIpc) is 2.76. The summed E-state index contributed by atoms with van der Waals surface area (Å²) in [5.74, 6) is 0.450. The number of thioether (sulfide) groups is 1. The van der Waals surface area contributed by atoms with Crippen LogP contribution in [0.1, 0.15) is 24.1 Å². The maximum absolute atomic E-state index is 12.2. The predicted molar refractivity (Wildman–Crippen MR) is 118 cm³/mol. The predicted octanol–water partition coefficient (Wildman–Crippen LogP) is 4.39. The second kappa shape index (κ2) is 9.57. The van der Waals surface area contributed by atoms with E-state index in [9.17, 15) is 19.8 Å². The van der Waals surface area contributed by atoms with E-state index >= 15 is 0 Å². The molecular weight excluding hydrogens is 420 g/mol. The van der Waals surface area contributed by atoms with E-state index in [0.717, 1.165) is 16.2 Å². The highest BCUT2D eigenvalue weighted by Gasteiger charge is 2.39. The zero-order valence-electron chi connectivity index (χ0n) is 17.2. The fourth-order valence-corrected chi connectivity index (χ4v) is 4.27. The number of ether oxygens (including phenoxy) is 2. The van der Waals surface area contributed by atoms with Crippen LogP contribution < -0.4 is 9.47 Å². The molecule has 8 nitrogen and oxygen atoms in total. The molecule has 0 radical (unpaired) electrons. The lowest BCUT2D eigenvalue weighted by atomic mass is 9.95. The quantitative estimate of drug-likeness (QED) is 0.683. The van der Waals surface area contributed by atoms with E-state index in [1.54, 1.807) is 38.3 Å². The number of methoxy groups -OCH3 is 2. The molecule has 0 fully saturated rings. The van der Waals surface area contributed by atoms with Gasteiger partial charge in [0.2, 0.25) is 0 Å². The molecule has 1 aliphatic heterocycles. The van der Waals surface area contributed by atoms with Crippen LogP contribution in [0.4, 0.5) is 4.79 Å². The van der Waals surface area contributed by atoms with Crippen LogP contribution in [0.5, 0.6) is 11.5 Å². The highest BCUT2D eigenvalue weighted by atomic mass is 32.2. The van der Waals surface area contributed by atoms with Gasteiger partial charge in [0, 0.05) is 5.75 Å². The lowest BCUT2D eigenvalue weighted by Gasteiger charge is -2.34. The summed E-state index contributed by atoms with van der Waals surface area (Å²) in [4.78, 5) is 29.6. The van der Waals surface area contributed by atoms with Crippen LogP contribution in [0.15, 0.2) is 64.8 Å². The van der Waals surface area contributed by atoms with Crippen LogP contribution in [0.2, 0.25) is 0 Å². The Morgan fingerprint density at radius 2 is 1.74 bits per heavy atom. The fraction of sp³-hybridized carbons (Fsp3) is 0.227. The summed E-state index contributed by atoms with van der Waals surface area (Å²) >= 11 is 1.22. The topological polar surface area (TPSA) is 109 Å². The highest BCUT2D eigenvalue weighted by molar-refractivity contribution is 8.13. The van der Waals surface area contributed by atoms with Gasteiger partial charge >= 0.3 is 12.1 Å². The minimum atomic E-state index is -1.29. The SMILES string of the molecule is COc1ccc(CSC2=NC(C)=C(C(=O)O)C(c3cccc(OC)c3)N2C(=O)O)cc1. The minimum Gasteiger partial charge on any atom is -0.497 e. The van der Waals surface area contributed by atoms with Crippen molar-refractivity contribution in [3.05, 3.63) is 70.9 Å². The highest BCUT2D eigenvalue weighted by Crippen LogP contribution is 2.39. The molecule has 0 bridgehead atoms. The largest absolute Gasteiger partial charge is 0.497 e. The molecule has 2 N–H and O–H groups in total. The number of benzene rings is 2. The molecule has 0 saturated heterocycles. The third-order valence-corrected chi connectivity index (χ3v) is 5.79. The number of aliphatic carboxylic acids is 1. The number of allylic oxidation sites excluding steroid dienone is 1. The number of amidine groups is 1. The second-order valence-corrected chi connectivity index (χ2v) is 7.61. The number of nitrogens with zero attached hydrogens (tertiary/aromatic N) is 2. The van der Waals surface area contributed by atoms with Crippen molar-refractivity contribution in [1.29, 1.82) is 0 Å². The Kier molecular flexibility index (Phi) is 6.86. The van der Waals surface area contributed by atoms with Gasteiger partial charge in [-0.15, -0.1) is 0 Å². The van der Waals surface area contributed by atoms with Crippen LogP contribution >= 0.6 is 11.8 Å². The summed E-state index contributed by atoms with van der Waals surface area (Å²) in [5.41, 5.74) is 1.60. The number of aliphatic imine (C=N–C) groups is 1. The Labute approximate surface area is 183 Å². The third kappa shape index (κ3) is 4.83. The molecule has 1 aliphatic rings. The van der Waals surface area contributed by atoms with Crippen molar-refractivity contribution in [3.8, 4) is 11.5 Å². The maximum Gasteiger partial charge on any atom is 0.414 e. The molecule has 2 aromatic carbocycles. The first-order valence-electron chi connectivity index (χ1n) is 9.30. The van der Waals surface area contributed by atoms with Gasteiger partial charge in [-0.25, -0.2) is 19.5 Å². The number of hydrogen-bond donors (Lipinski definition) is 2. The molecule has 0 saturated carbocycles. The Morgan fingerprint density at radius 1 is 1.06 bits per heavy atom. The van der Waals surface area contributed by atoms with E-state index in [-0.39, 0.29) is 16.4 Å². The molecular formula is C22H22N2O6S. The van der Waals surface area contributed by atoms with Gasteiger partial charge in [0.05, 0.1) is 25.5 Å². The Bertz CT molecular complexity index is 1050. The van der Waals surface area contributed by atoms with Crippen molar-refractivity contribution in [1.82, 2.24) is 4.90 Å². The van der Waals surface area contributed by atoms with Crippen LogP contribution in [-0.2, 0) is 10.5 Å². The van der Waals surface area contributed by atoms with Crippen LogP contribution in [-0.4, -0.2) is 46.6 Å². The summed E-state index contributed by atoms with van der Waals surface area (Å²) in [6.45, 7) is 1.57. The van der Waals surface area contributed by atoms with Crippen LogP contribution in [0.3, 0.4) is 0 Å². The van der Waals surface area contributed by atoms with Gasteiger partial charge in [0.15, 0.2) is 5.17 Å². The molecule has 0 spiro atoms. The first-order valence-corrected chi connectivity index (χ1v) is 10.3. The molecule has 1 amide bonds. The number of amides is 1. The van der Waals surface area contributed by atoms with Crippen molar-refractivity contribution >= 4 is 29.0 Å². The summed E-state index contributed by atoms with van der Waals surface area (Å²) < 4.78 is 10.4. The Hall–Kier alpha value is -3.46. The number of hydrogen-bond acceptors (Lipinski definition) is 6. The third-order valence-electron chi connectivity index (χ3n) is 4.76. The summed E-state index contributed by atoms with van der Waals surface area (Å²) in [5, 5.41) is 20.0. The Balaban J connectivity index is 2.00. The van der Waals surface area contributed by atoms with E-state index in [1.165, 1.54) is 18.9 Å². The van der Waals surface area contributed by atoms with Gasteiger partial charge in [-0.05, 0) is 42.3 Å². The van der Waals surface area contributed by atoms with Gasteiger partial charge < -0.3 is 19.7 Å². The summed E-state index contributed by atoms with van der Waals surface area (Å²) in [6, 6.07) is 13.1. The summed E-state index contributed by atoms with van der Waals surface area (Å²) in [6.07, 6.45) is -1.29. The van der Waals surface area contributed by atoms with Crippen molar-refractivity contribution in [2.45, 2.75) is 18.7 Å².